The van der Waals surface area contributed by atoms with Crippen molar-refractivity contribution in [2.24, 2.45) is 11.7 Å². The lowest BCUT2D eigenvalue weighted by molar-refractivity contribution is 0.0884. The Hall–Kier alpha value is -0.670. The molecule has 0 heterocycles. The van der Waals surface area contributed by atoms with Crippen molar-refractivity contribution < 1.29 is 4.79 Å². The summed E-state index contributed by atoms with van der Waals surface area (Å²) in [5.74, 6) is 0.459. The van der Waals surface area contributed by atoms with Crippen molar-refractivity contribution in [2.45, 2.75) is 31.7 Å². The van der Waals surface area contributed by atoms with Gasteiger partial charge in [-0.1, -0.05) is 28.1 Å². The van der Waals surface area contributed by atoms with Crippen LogP contribution in [0.5, 0.6) is 0 Å². The molecule has 0 aromatic heterocycles. The molecule has 86 valence electrons. The van der Waals surface area contributed by atoms with E-state index < -0.39 is 0 Å². The lowest BCUT2D eigenvalue weighted by Gasteiger charge is -2.24. The van der Waals surface area contributed by atoms with Crippen LogP contribution >= 0.6 is 15.9 Å². The first kappa shape index (κ1) is 11.8. The molecule has 16 heavy (non-hydrogen) atoms. The fraction of sp³-hybridized carbons (Fsp3) is 0.462. The Kier molecular flexibility index (Phi) is 3.77. The van der Waals surface area contributed by atoms with Crippen molar-refractivity contribution in [2.75, 3.05) is 0 Å². The second kappa shape index (κ2) is 5.11. The smallest absolute Gasteiger partial charge is 0.165 e. The summed E-state index contributed by atoms with van der Waals surface area (Å²) in [6.07, 6.45) is 3.84. The summed E-state index contributed by atoms with van der Waals surface area (Å²) in [7, 11) is 0. The summed E-state index contributed by atoms with van der Waals surface area (Å²) in [5.41, 5.74) is 6.66. The Labute approximate surface area is 104 Å². The van der Waals surface area contributed by atoms with Gasteiger partial charge in [-0.05, 0) is 37.8 Å². The zero-order chi connectivity index (χ0) is 11.5. The molecular weight excluding hydrogens is 266 g/mol. The molecule has 1 aromatic rings. The minimum Gasteiger partial charge on any atom is -0.328 e. The second-order valence-electron chi connectivity index (χ2n) is 4.48. The summed E-state index contributed by atoms with van der Waals surface area (Å²) in [6, 6.07) is 7.92. The highest BCUT2D eigenvalue weighted by molar-refractivity contribution is 9.10. The molecule has 1 aliphatic rings. The number of hydrogen-bond donors (Lipinski definition) is 1. The van der Waals surface area contributed by atoms with Gasteiger partial charge < -0.3 is 5.73 Å². The highest BCUT2D eigenvalue weighted by Crippen LogP contribution is 2.26. The van der Waals surface area contributed by atoms with Crippen LogP contribution in [0.15, 0.2) is 28.7 Å². The van der Waals surface area contributed by atoms with Crippen LogP contribution in [0.25, 0.3) is 0 Å². The molecule has 0 radical (unpaired) electrons. The average molecular weight is 282 g/mol. The van der Waals surface area contributed by atoms with Crippen molar-refractivity contribution in [3.63, 3.8) is 0 Å². The van der Waals surface area contributed by atoms with Crippen molar-refractivity contribution in [3.8, 4) is 0 Å². The minimum absolute atomic E-state index is 0.181. The summed E-state index contributed by atoms with van der Waals surface area (Å²) in [5, 5.41) is 0. The SMILES string of the molecule is NC1CCC(C(=O)c2ccc(Br)cc2)CC1. The van der Waals surface area contributed by atoms with Gasteiger partial charge in [0, 0.05) is 22.0 Å². The van der Waals surface area contributed by atoms with E-state index in [9.17, 15) is 4.79 Å². The number of benzene rings is 1. The largest absolute Gasteiger partial charge is 0.328 e. The zero-order valence-electron chi connectivity index (χ0n) is 9.16. The zero-order valence-corrected chi connectivity index (χ0v) is 10.7. The van der Waals surface area contributed by atoms with Gasteiger partial charge in [0.05, 0.1) is 0 Å². The van der Waals surface area contributed by atoms with E-state index >= 15 is 0 Å². The molecule has 0 saturated heterocycles. The summed E-state index contributed by atoms with van der Waals surface area (Å²) >= 11 is 3.37. The Bertz CT molecular complexity index is 366. The number of carbonyl (C=O) groups excluding carboxylic acids is 1. The molecule has 3 heteroatoms. The van der Waals surface area contributed by atoms with Crippen LogP contribution in [0.3, 0.4) is 0 Å². The molecule has 1 aliphatic carbocycles. The van der Waals surface area contributed by atoms with Gasteiger partial charge in [0.25, 0.3) is 0 Å². The van der Waals surface area contributed by atoms with Crippen LogP contribution in [0.2, 0.25) is 0 Å². The number of hydrogen-bond acceptors (Lipinski definition) is 2. The lowest BCUT2D eigenvalue weighted by Crippen LogP contribution is -2.29. The van der Waals surface area contributed by atoms with E-state index in [0.29, 0.717) is 6.04 Å². The fourth-order valence-corrected chi connectivity index (χ4v) is 2.50. The molecule has 0 atom stereocenters. The predicted octanol–water partition coefficient (Wildman–Crippen LogP) is 3.15. The summed E-state index contributed by atoms with van der Waals surface area (Å²) < 4.78 is 1.01. The summed E-state index contributed by atoms with van der Waals surface area (Å²) in [6.45, 7) is 0. The molecule has 1 fully saturated rings. The van der Waals surface area contributed by atoms with E-state index in [1.165, 1.54) is 0 Å². The van der Waals surface area contributed by atoms with Gasteiger partial charge in [0.1, 0.15) is 0 Å². The highest BCUT2D eigenvalue weighted by atomic mass is 79.9. The molecule has 2 rings (SSSR count). The van der Waals surface area contributed by atoms with E-state index in [4.69, 9.17) is 5.73 Å². The van der Waals surface area contributed by atoms with Crippen molar-refractivity contribution in [1.82, 2.24) is 0 Å². The molecule has 0 bridgehead atoms. The lowest BCUT2D eigenvalue weighted by atomic mass is 9.82. The number of carbonyl (C=O) groups is 1. The Balaban J connectivity index is 2.05. The number of rotatable bonds is 2. The van der Waals surface area contributed by atoms with Gasteiger partial charge in [-0.3, -0.25) is 4.79 Å². The fourth-order valence-electron chi connectivity index (χ4n) is 2.23. The maximum absolute atomic E-state index is 12.2. The van der Waals surface area contributed by atoms with Crippen molar-refractivity contribution in [1.29, 1.82) is 0 Å². The van der Waals surface area contributed by atoms with Crippen LogP contribution in [0.4, 0.5) is 0 Å². The van der Waals surface area contributed by atoms with Crippen LogP contribution in [0.1, 0.15) is 36.0 Å². The quantitative estimate of drug-likeness (QED) is 0.847. The Morgan fingerprint density at radius 2 is 1.69 bits per heavy atom. The number of ketones is 1. The molecular formula is C13H16BrNO. The van der Waals surface area contributed by atoms with Gasteiger partial charge in [0.15, 0.2) is 5.78 Å². The third-order valence-electron chi connectivity index (χ3n) is 3.27. The molecule has 0 unspecified atom stereocenters. The minimum atomic E-state index is 0.181. The van der Waals surface area contributed by atoms with Gasteiger partial charge in [-0.15, -0.1) is 0 Å². The molecule has 2 N–H and O–H groups in total. The maximum Gasteiger partial charge on any atom is 0.165 e. The number of nitrogens with two attached hydrogens (primary N) is 1. The van der Waals surface area contributed by atoms with Crippen LogP contribution < -0.4 is 5.73 Å². The van der Waals surface area contributed by atoms with Gasteiger partial charge in [-0.25, -0.2) is 0 Å². The topological polar surface area (TPSA) is 43.1 Å². The number of halogens is 1. The first-order valence-corrected chi connectivity index (χ1v) is 6.51. The molecule has 1 saturated carbocycles. The highest BCUT2D eigenvalue weighted by Gasteiger charge is 2.25. The maximum atomic E-state index is 12.2. The van der Waals surface area contributed by atoms with Gasteiger partial charge in [0.2, 0.25) is 0 Å². The molecule has 0 aliphatic heterocycles. The van der Waals surface area contributed by atoms with Gasteiger partial charge >= 0.3 is 0 Å². The van der Waals surface area contributed by atoms with Crippen molar-refractivity contribution >= 4 is 21.7 Å². The third kappa shape index (κ3) is 2.71. The van der Waals surface area contributed by atoms with Crippen molar-refractivity contribution in [3.05, 3.63) is 34.3 Å². The van der Waals surface area contributed by atoms with Crippen LogP contribution in [-0.4, -0.2) is 11.8 Å². The first-order valence-electron chi connectivity index (χ1n) is 5.72. The monoisotopic (exact) mass is 281 g/mol. The van der Waals surface area contributed by atoms with Gasteiger partial charge in [-0.2, -0.15) is 0 Å². The standard InChI is InChI=1S/C13H16BrNO/c14-11-5-1-9(2-6-11)13(16)10-3-7-12(15)8-4-10/h1-2,5-6,10,12H,3-4,7-8,15H2. The Morgan fingerprint density at radius 1 is 1.12 bits per heavy atom. The van der Waals surface area contributed by atoms with Crippen LogP contribution in [-0.2, 0) is 0 Å². The van der Waals surface area contributed by atoms with E-state index in [1.54, 1.807) is 0 Å². The molecule has 0 spiro atoms. The normalized spacial score (nSPS) is 25.4. The predicted molar refractivity (Wildman–Crippen MR) is 68.4 cm³/mol. The second-order valence-corrected chi connectivity index (χ2v) is 5.40. The third-order valence-corrected chi connectivity index (χ3v) is 3.80. The van der Waals surface area contributed by atoms with E-state index in [0.717, 1.165) is 35.7 Å². The van der Waals surface area contributed by atoms with E-state index in [2.05, 4.69) is 15.9 Å². The van der Waals surface area contributed by atoms with Crippen LogP contribution in [0, 0.1) is 5.92 Å². The van der Waals surface area contributed by atoms with E-state index in [1.807, 2.05) is 24.3 Å². The summed E-state index contributed by atoms with van der Waals surface area (Å²) in [4.78, 5) is 12.2. The van der Waals surface area contributed by atoms with E-state index in [-0.39, 0.29) is 11.7 Å². The average Bonchev–Trinajstić information content (AvgIpc) is 2.30. The first-order chi connectivity index (χ1) is 7.66. The number of Topliss-reactive ketones (excluding diaryl/α,β-unsaturated/α-hetero) is 1. The molecule has 0 amide bonds. The Morgan fingerprint density at radius 3 is 2.25 bits per heavy atom. The molecule has 1 aromatic carbocycles. The molecule has 2 nitrogen and oxygen atoms in total.